The lowest BCUT2D eigenvalue weighted by atomic mass is 10.3. The number of carbonyl (C=O) groups is 1. The van der Waals surface area contributed by atoms with Gasteiger partial charge in [0.25, 0.3) is 0 Å². The van der Waals surface area contributed by atoms with E-state index in [1.807, 2.05) is 0 Å². The van der Waals surface area contributed by atoms with E-state index in [1.54, 1.807) is 25.3 Å². The third-order valence-electron chi connectivity index (χ3n) is 1.81. The highest BCUT2D eigenvalue weighted by molar-refractivity contribution is 7.99. The van der Waals surface area contributed by atoms with Crippen LogP contribution in [0.3, 0.4) is 0 Å². The van der Waals surface area contributed by atoms with E-state index in [1.165, 1.54) is 11.8 Å². The van der Waals surface area contributed by atoms with Gasteiger partial charge in [-0.15, -0.1) is 11.8 Å². The Labute approximate surface area is 99.0 Å². The van der Waals surface area contributed by atoms with Crippen molar-refractivity contribution < 1.29 is 14.6 Å². The normalized spacial score (nSPS) is 10.1. The minimum Gasteiger partial charge on any atom is -0.462 e. The number of aliphatic hydroxyl groups excluding tert-OH is 1. The van der Waals surface area contributed by atoms with E-state index in [9.17, 15) is 4.79 Å². The molecule has 1 aromatic rings. The lowest BCUT2D eigenvalue weighted by Gasteiger charge is -2.06. The van der Waals surface area contributed by atoms with E-state index in [-0.39, 0.29) is 12.6 Å². The fourth-order valence-electron chi connectivity index (χ4n) is 1.10. The van der Waals surface area contributed by atoms with Gasteiger partial charge in [-0.3, -0.25) is 0 Å². The number of aliphatic hydroxyl groups is 1. The van der Waals surface area contributed by atoms with Gasteiger partial charge in [0.2, 0.25) is 0 Å². The second-order valence-electron chi connectivity index (χ2n) is 3.00. The van der Waals surface area contributed by atoms with Gasteiger partial charge in [-0.05, 0) is 25.5 Å². The van der Waals surface area contributed by atoms with E-state index >= 15 is 0 Å². The second-order valence-corrected chi connectivity index (χ2v) is 4.09. The van der Waals surface area contributed by atoms with Crippen LogP contribution in [0.2, 0.25) is 0 Å². The summed E-state index contributed by atoms with van der Waals surface area (Å²) in [5, 5.41) is 9.34. The first-order valence-electron chi connectivity index (χ1n) is 5.15. The van der Waals surface area contributed by atoms with Gasteiger partial charge in [-0.1, -0.05) is 0 Å². The summed E-state index contributed by atoms with van der Waals surface area (Å²) in [6.45, 7) is 2.27. The van der Waals surface area contributed by atoms with Crippen molar-refractivity contribution >= 4 is 17.7 Å². The first-order valence-corrected chi connectivity index (χ1v) is 6.14. The van der Waals surface area contributed by atoms with Crippen LogP contribution in [-0.4, -0.2) is 35.0 Å². The molecule has 0 unspecified atom stereocenters. The Morgan fingerprint density at radius 2 is 2.44 bits per heavy atom. The van der Waals surface area contributed by atoms with Gasteiger partial charge in [-0.2, -0.15) is 0 Å². The van der Waals surface area contributed by atoms with Gasteiger partial charge in [-0.25, -0.2) is 9.78 Å². The van der Waals surface area contributed by atoms with Crippen molar-refractivity contribution in [3.63, 3.8) is 0 Å². The average molecular weight is 241 g/mol. The number of nitrogens with zero attached hydrogens (tertiary/aromatic N) is 1. The monoisotopic (exact) mass is 241 g/mol. The molecule has 88 valence electrons. The molecule has 0 bridgehead atoms. The molecule has 1 rings (SSSR count). The first-order chi connectivity index (χ1) is 7.79. The number of ether oxygens (including phenoxy) is 1. The Bertz CT molecular complexity index is 344. The summed E-state index contributed by atoms with van der Waals surface area (Å²) < 4.78 is 4.93. The molecule has 5 heteroatoms. The fourth-order valence-corrected chi connectivity index (χ4v) is 2.01. The molecular formula is C11H15NO3S. The number of pyridine rings is 1. The maximum absolute atomic E-state index is 11.6. The summed E-state index contributed by atoms with van der Waals surface area (Å²) in [7, 11) is 0. The maximum atomic E-state index is 11.6. The van der Waals surface area contributed by atoms with E-state index in [0.717, 1.165) is 5.75 Å². The third-order valence-corrected chi connectivity index (χ3v) is 2.90. The van der Waals surface area contributed by atoms with Crippen LogP contribution >= 0.6 is 11.8 Å². The zero-order valence-corrected chi connectivity index (χ0v) is 10.00. The van der Waals surface area contributed by atoms with Crippen LogP contribution in [-0.2, 0) is 4.74 Å². The molecule has 0 aliphatic carbocycles. The molecule has 1 N–H and O–H groups in total. The highest BCUT2D eigenvalue weighted by Crippen LogP contribution is 2.21. The molecule has 0 atom stereocenters. The largest absolute Gasteiger partial charge is 0.462 e. The summed E-state index contributed by atoms with van der Waals surface area (Å²) in [6, 6.07) is 3.41. The molecule has 0 saturated heterocycles. The van der Waals surface area contributed by atoms with Crippen molar-refractivity contribution in [3.8, 4) is 0 Å². The topological polar surface area (TPSA) is 59.4 Å². The molecule has 0 radical (unpaired) electrons. The molecule has 0 spiro atoms. The standard InChI is InChI=1S/C11H15NO3S/c1-2-15-11(14)9-5-3-6-12-10(9)16-8-4-7-13/h3,5-6,13H,2,4,7-8H2,1H3. The summed E-state index contributed by atoms with van der Waals surface area (Å²) in [5.74, 6) is 0.391. The lowest BCUT2D eigenvalue weighted by molar-refractivity contribution is 0.0521. The van der Waals surface area contributed by atoms with E-state index in [4.69, 9.17) is 9.84 Å². The Kier molecular flexibility index (Phi) is 5.88. The number of esters is 1. The molecule has 0 amide bonds. The minimum atomic E-state index is -0.345. The minimum absolute atomic E-state index is 0.147. The smallest absolute Gasteiger partial charge is 0.340 e. The highest BCUT2D eigenvalue weighted by Gasteiger charge is 2.12. The van der Waals surface area contributed by atoms with Crippen LogP contribution in [0.25, 0.3) is 0 Å². The Hall–Kier alpha value is -1.07. The van der Waals surface area contributed by atoms with Crippen molar-refractivity contribution in [2.75, 3.05) is 19.0 Å². The van der Waals surface area contributed by atoms with Crippen molar-refractivity contribution in [1.82, 2.24) is 4.98 Å². The molecular weight excluding hydrogens is 226 g/mol. The predicted molar refractivity (Wildman–Crippen MR) is 62.6 cm³/mol. The predicted octanol–water partition coefficient (Wildman–Crippen LogP) is 1.73. The number of aromatic nitrogens is 1. The van der Waals surface area contributed by atoms with Crippen LogP contribution < -0.4 is 0 Å². The molecule has 1 aromatic heterocycles. The van der Waals surface area contributed by atoms with Gasteiger partial charge in [0.1, 0.15) is 5.03 Å². The van der Waals surface area contributed by atoms with Gasteiger partial charge in [0.05, 0.1) is 12.2 Å². The number of hydrogen-bond donors (Lipinski definition) is 1. The molecule has 0 aromatic carbocycles. The number of hydrogen-bond acceptors (Lipinski definition) is 5. The molecule has 16 heavy (non-hydrogen) atoms. The second kappa shape index (κ2) is 7.24. The van der Waals surface area contributed by atoms with Gasteiger partial charge < -0.3 is 9.84 Å². The maximum Gasteiger partial charge on any atom is 0.340 e. The zero-order chi connectivity index (χ0) is 11.8. The Balaban J connectivity index is 2.71. The van der Waals surface area contributed by atoms with Crippen LogP contribution in [0.4, 0.5) is 0 Å². The molecule has 0 aliphatic rings. The SMILES string of the molecule is CCOC(=O)c1cccnc1SCCCO. The molecule has 1 heterocycles. The summed E-state index contributed by atoms with van der Waals surface area (Å²) >= 11 is 1.45. The zero-order valence-electron chi connectivity index (χ0n) is 9.18. The Morgan fingerprint density at radius 3 is 3.12 bits per heavy atom. The van der Waals surface area contributed by atoms with Gasteiger partial charge in [0, 0.05) is 18.6 Å². The third kappa shape index (κ3) is 3.83. The van der Waals surface area contributed by atoms with Gasteiger partial charge in [0.15, 0.2) is 0 Å². The molecule has 0 aliphatic heterocycles. The average Bonchev–Trinajstić information content (AvgIpc) is 2.30. The summed E-state index contributed by atoms with van der Waals surface area (Å²) in [6.07, 6.45) is 2.33. The van der Waals surface area contributed by atoms with E-state index in [2.05, 4.69) is 4.98 Å². The van der Waals surface area contributed by atoms with Crippen LogP contribution in [0, 0.1) is 0 Å². The lowest BCUT2D eigenvalue weighted by Crippen LogP contribution is -2.07. The van der Waals surface area contributed by atoms with Crippen LogP contribution in [0.1, 0.15) is 23.7 Å². The van der Waals surface area contributed by atoms with Crippen molar-refractivity contribution in [3.05, 3.63) is 23.9 Å². The molecule has 0 saturated carbocycles. The molecule has 4 nitrogen and oxygen atoms in total. The first kappa shape index (κ1) is 13.0. The van der Waals surface area contributed by atoms with E-state index < -0.39 is 0 Å². The number of carbonyl (C=O) groups excluding carboxylic acids is 1. The number of rotatable bonds is 6. The quantitative estimate of drug-likeness (QED) is 0.467. The van der Waals surface area contributed by atoms with Gasteiger partial charge >= 0.3 is 5.97 Å². The van der Waals surface area contributed by atoms with Crippen molar-refractivity contribution in [2.45, 2.75) is 18.4 Å². The van der Waals surface area contributed by atoms with E-state index in [0.29, 0.717) is 23.6 Å². The number of thioether (sulfide) groups is 1. The Morgan fingerprint density at radius 1 is 1.62 bits per heavy atom. The molecule has 0 fully saturated rings. The highest BCUT2D eigenvalue weighted by atomic mass is 32.2. The van der Waals surface area contributed by atoms with Crippen LogP contribution in [0.15, 0.2) is 23.4 Å². The van der Waals surface area contributed by atoms with Crippen molar-refractivity contribution in [1.29, 1.82) is 0 Å². The summed E-state index contributed by atoms with van der Waals surface area (Å²) in [5.41, 5.74) is 0.493. The van der Waals surface area contributed by atoms with Crippen molar-refractivity contribution in [2.24, 2.45) is 0 Å². The fraction of sp³-hybridized carbons (Fsp3) is 0.455. The summed E-state index contributed by atoms with van der Waals surface area (Å²) in [4.78, 5) is 15.7. The van der Waals surface area contributed by atoms with Crippen LogP contribution in [0.5, 0.6) is 0 Å².